The fraction of sp³-hybridized carbons (Fsp3) is 0. The minimum Gasteiger partial charge on any atom is -0.203 e. The van der Waals surface area contributed by atoms with Gasteiger partial charge >= 0.3 is 0 Å². The summed E-state index contributed by atoms with van der Waals surface area (Å²) >= 11 is 21.7. The second-order valence-electron chi connectivity index (χ2n) is 2.31. The third-order valence-electron chi connectivity index (χ3n) is 1.37. The fourth-order valence-electron chi connectivity index (χ4n) is 0.760. The zero-order valence-corrected chi connectivity index (χ0v) is 10.7. The van der Waals surface area contributed by atoms with Gasteiger partial charge in [0.1, 0.15) is 8.98 Å². The second-order valence-corrected chi connectivity index (χ2v) is 5.30. The molecular formula is C8H2Cl4F2S. The van der Waals surface area contributed by atoms with Gasteiger partial charge in [0.2, 0.25) is 0 Å². The summed E-state index contributed by atoms with van der Waals surface area (Å²) in [5.41, 5.74) is 0. The Morgan fingerprint density at radius 3 is 1.47 bits per heavy atom. The molecule has 0 saturated heterocycles. The summed E-state index contributed by atoms with van der Waals surface area (Å²) in [5.74, 6) is -1.62. The Hall–Kier alpha value is 0.200. The zero-order chi connectivity index (χ0) is 11.6. The third kappa shape index (κ3) is 3.33. The lowest BCUT2D eigenvalue weighted by molar-refractivity contribution is 0.764. The van der Waals surface area contributed by atoms with Crippen molar-refractivity contribution in [2.45, 2.75) is 0 Å². The molecule has 1 heterocycles. The van der Waals surface area contributed by atoms with Gasteiger partial charge in [0, 0.05) is 0 Å². The van der Waals surface area contributed by atoms with E-state index in [9.17, 15) is 8.78 Å². The molecule has 0 aromatic carbocycles. The average molecular weight is 310 g/mol. The fourth-order valence-corrected chi connectivity index (χ4v) is 2.28. The molecule has 0 atom stereocenters. The van der Waals surface area contributed by atoms with Crippen LogP contribution in [-0.2, 0) is 0 Å². The van der Waals surface area contributed by atoms with E-state index in [-0.39, 0.29) is 9.75 Å². The van der Waals surface area contributed by atoms with E-state index in [1.54, 1.807) is 0 Å². The molecule has 15 heavy (non-hydrogen) atoms. The SMILES string of the molecule is FC(=C(Cl)Cl)c1ccc(C(F)=C(Cl)Cl)s1. The molecule has 0 aliphatic heterocycles. The van der Waals surface area contributed by atoms with Crippen molar-refractivity contribution in [1.29, 1.82) is 0 Å². The van der Waals surface area contributed by atoms with Gasteiger partial charge in [0.05, 0.1) is 9.75 Å². The first-order valence-electron chi connectivity index (χ1n) is 3.45. The van der Waals surface area contributed by atoms with Crippen LogP contribution in [0.15, 0.2) is 21.1 Å². The summed E-state index contributed by atoms with van der Waals surface area (Å²) in [7, 11) is 0. The van der Waals surface area contributed by atoms with E-state index in [0.29, 0.717) is 0 Å². The number of thiophene rings is 1. The summed E-state index contributed by atoms with van der Waals surface area (Å²) in [6.45, 7) is 0. The second kappa shape index (κ2) is 5.51. The van der Waals surface area contributed by atoms with Crippen molar-refractivity contribution in [3.8, 4) is 0 Å². The molecule has 0 fully saturated rings. The standard InChI is InChI=1S/C8H2Cl4F2S/c9-7(10)5(13)3-1-2-4(15-3)6(14)8(11)12/h1-2H. The maximum absolute atomic E-state index is 13.2. The first-order valence-corrected chi connectivity index (χ1v) is 5.78. The molecule has 1 aromatic heterocycles. The number of hydrogen-bond acceptors (Lipinski definition) is 1. The highest BCUT2D eigenvalue weighted by Gasteiger charge is 2.13. The molecule has 0 N–H and O–H groups in total. The van der Waals surface area contributed by atoms with Gasteiger partial charge in [-0.25, -0.2) is 8.78 Å². The summed E-state index contributed by atoms with van der Waals surface area (Å²) in [5, 5.41) is 0. The first-order chi connectivity index (χ1) is 6.93. The zero-order valence-electron chi connectivity index (χ0n) is 6.83. The van der Waals surface area contributed by atoms with Crippen molar-refractivity contribution < 1.29 is 8.78 Å². The average Bonchev–Trinajstić information content (AvgIpc) is 2.63. The van der Waals surface area contributed by atoms with Gasteiger partial charge in [-0.3, -0.25) is 0 Å². The third-order valence-corrected chi connectivity index (χ3v) is 3.10. The molecule has 82 valence electrons. The summed E-state index contributed by atoms with van der Waals surface area (Å²) in [6, 6.07) is 2.66. The number of halogens is 6. The van der Waals surface area contributed by atoms with Crippen molar-refractivity contribution >= 4 is 69.4 Å². The number of rotatable bonds is 2. The van der Waals surface area contributed by atoms with E-state index in [0.717, 1.165) is 11.3 Å². The van der Waals surface area contributed by atoms with Crippen LogP contribution in [0.4, 0.5) is 8.78 Å². The molecule has 1 aromatic rings. The lowest BCUT2D eigenvalue weighted by Crippen LogP contribution is -1.69. The summed E-state index contributed by atoms with van der Waals surface area (Å²) in [6.07, 6.45) is 0. The molecule has 0 bridgehead atoms. The van der Waals surface area contributed by atoms with Crippen molar-refractivity contribution in [2.24, 2.45) is 0 Å². The van der Waals surface area contributed by atoms with E-state index in [1.807, 2.05) is 0 Å². The highest BCUT2D eigenvalue weighted by molar-refractivity contribution is 7.14. The topological polar surface area (TPSA) is 0 Å². The molecule has 0 amide bonds. The molecule has 0 unspecified atom stereocenters. The first kappa shape index (κ1) is 13.3. The van der Waals surface area contributed by atoms with Crippen LogP contribution in [0.1, 0.15) is 9.75 Å². The van der Waals surface area contributed by atoms with Crippen LogP contribution in [-0.4, -0.2) is 0 Å². The lowest BCUT2D eigenvalue weighted by atomic mass is 10.4. The molecule has 0 nitrogen and oxygen atoms in total. The maximum Gasteiger partial charge on any atom is 0.170 e. The van der Waals surface area contributed by atoms with Crippen LogP contribution in [0.3, 0.4) is 0 Å². The van der Waals surface area contributed by atoms with Crippen molar-refractivity contribution in [1.82, 2.24) is 0 Å². The minimum absolute atomic E-state index is 0.106. The number of hydrogen-bond donors (Lipinski definition) is 0. The van der Waals surface area contributed by atoms with E-state index in [1.165, 1.54) is 12.1 Å². The Kier molecular flexibility index (Phi) is 4.87. The Morgan fingerprint density at radius 1 is 0.867 bits per heavy atom. The molecular weight excluding hydrogens is 308 g/mol. The highest BCUT2D eigenvalue weighted by atomic mass is 35.5. The van der Waals surface area contributed by atoms with E-state index in [4.69, 9.17) is 46.4 Å². The molecule has 0 radical (unpaired) electrons. The van der Waals surface area contributed by atoms with Crippen LogP contribution in [0.2, 0.25) is 0 Å². The normalized spacial score (nSPS) is 10.0. The monoisotopic (exact) mass is 308 g/mol. The Labute approximate surface area is 109 Å². The van der Waals surface area contributed by atoms with Gasteiger partial charge in [-0.1, -0.05) is 46.4 Å². The molecule has 0 aliphatic carbocycles. The predicted molar refractivity (Wildman–Crippen MR) is 63.8 cm³/mol. The molecule has 1 rings (SSSR count). The van der Waals surface area contributed by atoms with Gasteiger partial charge < -0.3 is 0 Å². The van der Waals surface area contributed by atoms with Crippen LogP contribution in [0.25, 0.3) is 11.7 Å². The van der Waals surface area contributed by atoms with Gasteiger partial charge in [-0.2, -0.15) is 0 Å². The Morgan fingerprint density at radius 2 is 1.20 bits per heavy atom. The van der Waals surface area contributed by atoms with Crippen LogP contribution in [0, 0.1) is 0 Å². The van der Waals surface area contributed by atoms with E-state index >= 15 is 0 Å². The van der Waals surface area contributed by atoms with E-state index in [2.05, 4.69) is 0 Å². The van der Waals surface area contributed by atoms with Crippen LogP contribution >= 0.6 is 57.7 Å². The summed E-state index contributed by atoms with van der Waals surface area (Å²) < 4.78 is 25.3. The maximum atomic E-state index is 13.2. The molecule has 0 spiro atoms. The summed E-state index contributed by atoms with van der Waals surface area (Å²) in [4.78, 5) is 0.212. The Bertz CT molecular complexity index is 389. The Balaban J connectivity index is 3.12. The smallest absolute Gasteiger partial charge is 0.170 e. The van der Waals surface area contributed by atoms with Crippen LogP contribution in [0.5, 0.6) is 0 Å². The van der Waals surface area contributed by atoms with Gasteiger partial charge in [-0.15, -0.1) is 11.3 Å². The molecule has 0 saturated carbocycles. The largest absolute Gasteiger partial charge is 0.203 e. The lowest BCUT2D eigenvalue weighted by Gasteiger charge is -1.92. The minimum atomic E-state index is -0.812. The van der Waals surface area contributed by atoms with Gasteiger partial charge in [0.15, 0.2) is 11.7 Å². The van der Waals surface area contributed by atoms with E-state index < -0.39 is 20.6 Å². The quantitative estimate of drug-likeness (QED) is 0.638. The molecule has 0 aliphatic rings. The highest BCUT2D eigenvalue weighted by Crippen LogP contribution is 2.36. The molecule has 7 heteroatoms. The van der Waals surface area contributed by atoms with Crippen molar-refractivity contribution in [2.75, 3.05) is 0 Å². The van der Waals surface area contributed by atoms with Crippen LogP contribution < -0.4 is 0 Å². The van der Waals surface area contributed by atoms with Gasteiger partial charge in [-0.05, 0) is 12.1 Å². The van der Waals surface area contributed by atoms with Crippen molar-refractivity contribution in [3.63, 3.8) is 0 Å². The van der Waals surface area contributed by atoms with Crippen molar-refractivity contribution in [3.05, 3.63) is 30.9 Å². The van der Waals surface area contributed by atoms with Gasteiger partial charge in [0.25, 0.3) is 0 Å². The predicted octanol–water partition coefficient (Wildman–Crippen LogP) is 5.89.